The molecule has 0 aliphatic carbocycles. The highest BCUT2D eigenvalue weighted by atomic mass is 16.6. The Bertz CT molecular complexity index is 532. The van der Waals surface area contributed by atoms with Crippen molar-refractivity contribution in [2.45, 2.75) is 71.4 Å². The highest BCUT2D eigenvalue weighted by Crippen LogP contribution is 2.38. The van der Waals surface area contributed by atoms with Crippen LogP contribution in [0.1, 0.15) is 60.3 Å². The number of amides is 1. The molecule has 0 saturated carbocycles. The summed E-state index contributed by atoms with van der Waals surface area (Å²) < 4.78 is 11.1. The third-order valence-corrected chi connectivity index (χ3v) is 5.84. The lowest BCUT2D eigenvalue weighted by Gasteiger charge is -2.35. The molecule has 1 unspecified atom stereocenters. The summed E-state index contributed by atoms with van der Waals surface area (Å²) in [7, 11) is 1.82. The first-order chi connectivity index (χ1) is 12.7. The fraction of sp³-hybridized carbons (Fsp3) is 0.900. The van der Waals surface area contributed by atoms with Gasteiger partial charge in [0.1, 0.15) is 5.60 Å². The standard InChI is InChI=1S/C20H38N4O3/c1-7-20(8-2,23-17(25)27-18(3,4)5)13-22-16(21-6)24-11-9-19(14-24)10-12-26-15-19/h7-15H2,1-6H3,(H,21,22)(H,23,25). The monoisotopic (exact) mass is 382 g/mol. The lowest BCUT2D eigenvalue weighted by atomic mass is 9.87. The zero-order chi connectivity index (χ0) is 20.1. The third kappa shape index (κ3) is 5.74. The van der Waals surface area contributed by atoms with Gasteiger partial charge in [-0.05, 0) is 46.5 Å². The van der Waals surface area contributed by atoms with Crippen molar-refractivity contribution < 1.29 is 14.3 Å². The van der Waals surface area contributed by atoms with Gasteiger partial charge in [0.05, 0.1) is 12.1 Å². The topological polar surface area (TPSA) is 75.2 Å². The van der Waals surface area contributed by atoms with Gasteiger partial charge in [-0.2, -0.15) is 0 Å². The molecule has 0 radical (unpaired) electrons. The van der Waals surface area contributed by atoms with E-state index in [9.17, 15) is 4.79 Å². The van der Waals surface area contributed by atoms with Gasteiger partial charge in [-0.15, -0.1) is 0 Å². The van der Waals surface area contributed by atoms with Gasteiger partial charge in [-0.3, -0.25) is 4.99 Å². The van der Waals surface area contributed by atoms with Crippen LogP contribution in [-0.4, -0.2) is 68.0 Å². The predicted octanol–water partition coefficient (Wildman–Crippen LogP) is 2.76. The second-order valence-corrected chi connectivity index (χ2v) is 8.99. The summed E-state index contributed by atoms with van der Waals surface area (Å²) in [5.41, 5.74) is -0.584. The molecule has 7 heteroatoms. The molecule has 2 heterocycles. The van der Waals surface area contributed by atoms with E-state index in [1.54, 1.807) is 0 Å². The molecule has 1 spiro atoms. The molecule has 7 nitrogen and oxygen atoms in total. The van der Waals surface area contributed by atoms with Crippen molar-refractivity contribution >= 4 is 12.1 Å². The molecule has 2 fully saturated rings. The van der Waals surface area contributed by atoms with E-state index < -0.39 is 5.60 Å². The summed E-state index contributed by atoms with van der Waals surface area (Å²) in [6, 6.07) is 0. The van der Waals surface area contributed by atoms with Crippen molar-refractivity contribution in [3.63, 3.8) is 0 Å². The van der Waals surface area contributed by atoms with Crippen LogP contribution in [0.25, 0.3) is 0 Å². The molecule has 0 bridgehead atoms. The Balaban J connectivity index is 1.96. The Hall–Kier alpha value is -1.50. The molecular weight excluding hydrogens is 344 g/mol. The van der Waals surface area contributed by atoms with Gasteiger partial charge in [0.15, 0.2) is 5.96 Å². The molecule has 0 aromatic rings. The van der Waals surface area contributed by atoms with Crippen LogP contribution in [0.15, 0.2) is 4.99 Å². The number of aliphatic imine (C=N–C) groups is 1. The number of ether oxygens (including phenoxy) is 2. The molecule has 2 N–H and O–H groups in total. The Morgan fingerprint density at radius 2 is 1.96 bits per heavy atom. The number of nitrogens with one attached hydrogen (secondary N) is 2. The molecule has 1 atom stereocenters. The second-order valence-electron chi connectivity index (χ2n) is 8.99. The van der Waals surface area contributed by atoms with E-state index in [4.69, 9.17) is 9.47 Å². The van der Waals surface area contributed by atoms with Crippen LogP contribution in [0.4, 0.5) is 4.79 Å². The van der Waals surface area contributed by atoms with E-state index in [1.807, 2.05) is 27.8 Å². The van der Waals surface area contributed by atoms with E-state index in [1.165, 1.54) is 0 Å². The molecule has 1 amide bonds. The summed E-state index contributed by atoms with van der Waals surface area (Å²) in [5.74, 6) is 0.899. The molecule has 0 aromatic heterocycles. The number of rotatable bonds is 5. The number of hydrogen-bond acceptors (Lipinski definition) is 4. The van der Waals surface area contributed by atoms with Crippen LogP contribution in [0.5, 0.6) is 0 Å². The van der Waals surface area contributed by atoms with E-state index >= 15 is 0 Å². The number of guanidine groups is 1. The predicted molar refractivity (Wildman–Crippen MR) is 108 cm³/mol. The number of hydrogen-bond donors (Lipinski definition) is 2. The quantitative estimate of drug-likeness (QED) is 0.565. The van der Waals surface area contributed by atoms with Crippen LogP contribution in [0.2, 0.25) is 0 Å². The smallest absolute Gasteiger partial charge is 0.408 e. The van der Waals surface area contributed by atoms with Crippen LogP contribution in [0.3, 0.4) is 0 Å². The van der Waals surface area contributed by atoms with Crippen molar-refractivity contribution in [1.82, 2.24) is 15.5 Å². The van der Waals surface area contributed by atoms with E-state index in [0.29, 0.717) is 12.0 Å². The lowest BCUT2D eigenvalue weighted by molar-refractivity contribution is 0.0448. The largest absolute Gasteiger partial charge is 0.444 e. The van der Waals surface area contributed by atoms with Gasteiger partial charge in [0.25, 0.3) is 0 Å². The number of nitrogens with zero attached hydrogens (tertiary/aromatic N) is 2. The van der Waals surface area contributed by atoms with Crippen molar-refractivity contribution in [3.05, 3.63) is 0 Å². The fourth-order valence-corrected chi connectivity index (χ4v) is 3.91. The SMILES string of the molecule is CCC(CC)(CNC(=NC)N1CCC2(CCOC2)C1)NC(=O)OC(C)(C)C. The van der Waals surface area contributed by atoms with Gasteiger partial charge < -0.3 is 25.0 Å². The minimum absolute atomic E-state index is 0.291. The number of alkyl carbamates (subject to hydrolysis) is 1. The van der Waals surface area contributed by atoms with Crippen LogP contribution < -0.4 is 10.6 Å². The Morgan fingerprint density at radius 3 is 2.48 bits per heavy atom. The molecule has 2 rings (SSSR count). The zero-order valence-electron chi connectivity index (χ0n) is 18.0. The van der Waals surface area contributed by atoms with Crippen molar-refractivity contribution in [2.75, 3.05) is 39.9 Å². The summed E-state index contributed by atoms with van der Waals surface area (Å²) in [6.07, 6.45) is 3.53. The minimum Gasteiger partial charge on any atom is -0.444 e. The van der Waals surface area contributed by atoms with Crippen molar-refractivity contribution in [2.24, 2.45) is 10.4 Å². The van der Waals surface area contributed by atoms with E-state index in [2.05, 4.69) is 34.4 Å². The van der Waals surface area contributed by atoms with Crippen molar-refractivity contribution in [3.8, 4) is 0 Å². The van der Waals surface area contributed by atoms with Gasteiger partial charge in [-0.1, -0.05) is 13.8 Å². The first-order valence-electron chi connectivity index (χ1n) is 10.2. The van der Waals surface area contributed by atoms with Gasteiger partial charge in [0, 0.05) is 38.7 Å². The van der Waals surface area contributed by atoms with E-state index in [-0.39, 0.29) is 11.6 Å². The maximum Gasteiger partial charge on any atom is 0.408 e. The van der Waals surface area contributed by atoms with Gasteiger partial charge in [0.2, 0.25) is 0 Å². The second kappa shape index (κ2) is 8.67. The molecule has 27 heavy (non-hydrogen) atoms. The molecule has 156 valence electrons. The average molecular weight is 383 g/mol. The number of carbonyl (C=O) groups excluding carboxylic acids is 1. The lowest BCUT2D eigenvalue weighted by Crippen LogP contribution is -2.57. The first kappa shape index (κ1) is 21.8. The van der Waals surface area contributed by atoms with Gasteiger partial charge >= 0.3 is 6.09 Å². The number of likely N-dealkylation sites (tertiary alicyclic amines) is 1. The third-order valence-electron chi connectivity index (χ3n) is 5.84. The van der Waals surface area contributed by atoms with Crippen LogP contribution >= 0.6 is 0 Å². The summed E-state index contributed by atoms with van der Waals surface area (Å²) in [5, 5.41) is 6.58. The maximum atomic E-state index is 12.3. The first-order valence-corrected chi connectivity index (χ1v) is 10.2. The number of carbonyl (C=O) groups is 1. The highest BCUT2D eigenvalue weighted by molar-refractivity contribution is 5.80. The molecule has 0 aromatic carbocycles. The van der Waals surface area contributed by atoms with Crippen LogP contribution in [-0.2, 0) is 9.47 Å². The normalized spacial score (nSPS) is 23.8. The molecule has 2 aliphatic rings. The fourth-order valence-electron chi connectivity index (χ4n) is 3.91. The zero-order valence-corrected chi connectivity index (χ0v) is 18.0. The Kier molecular flexibility index (Phi) is 7.00. The average Bonchev–Trinajstić information content (AvgIpc) is 3.23. The van der Waals surface area contributed by atoms with E-state index in [0.717, 1.165) is 57.9 Å². The van der Waals surface area contributed by atoms with Crippen LogP contribution in [0, 0.1) is 5.41 Å². The molecule has 2 saturated heterocycles. The summed E-state index contributed by atoms with van der Waals surface area (Å²) in [4.78, 5) is 19.1. The summed E-state index contributed by atoms with van der Waals surface area (Å²) in [6.45, 7) is 14.1. The Labute approximate surface area is 164 Å². The molecule has 2 aliphatic heterocycles. The highest BCUT2D eigenvalue weighted by Gasteiger charge is 2.42. The Morgan fingerprint density at radius 1 is 1.26 bits per heavy atom. The van der Waals surface area contributed by atoms with Crippen molar-refractivity contribution in [1.29, 1.82) is 0 Å². The van der Waals surface area contributed by atoms with Gasteiger partial charge in [-0.25, -0.2) is 4.79 Å². The minimum atomic E-state index is -0.506. The summed E-state index contributed by atoms with van der Waals surface area (Å²) >= 11 is 0. The molecular formula is C20H38N4O3. The maximum absolute atomic E-state index is 12.3.